The number of hydrogen-bond donors (Lipinski definition) is 1. The summed E-state index contributed by atoms with van der Waals surface area (Å²) in [6, 6.07) is 0. The molecule has 1 rings (SSSR count). The second-order valence-electron chi connectivity index (χ2n) is 3.44. The van der Waals surface area contributed by atoms with Gasteiger partial charge in [-0.2, -0.15) is 0 Å². The number of esters is 1. The van der Waals surface area contributed by atoms with Crippen LogP contribution in [0.3, 0.4) is 0 Å². The van der Waals surface area contributed by atoms with Crippen molar-refractivity contribution in [3.05, 3.63) is 12.7 Å². The number of nitrogens with two attached hydrogens (primary N) is 1. The highest BCUT2D eigenvalue weighted by atomic mass is 16.5. The smallest absolute Gasteiger partial charge is 0.307 e. The van der Waals surface area contributed by atoms with E-state index in [-0.39, 0.29) is 18.6 Å². The Labute approximate surface area is 84.7 Å². The lowest BCUT2D eigenvalue weighted by Crippen LogP contribution is -2.25. The Morgan fingerprint density at radius 3 is 3.00 bits per heavy atom. The van der Waals surface area contributed by atoms with Crippen LogP contribution in [-0.4, -0.2) is 26.8 Å². The highest BCUT2D eigenvalue weighted by molar-refractivity contribution is 6.42. The summed E-state index contributed by atoms with van der Waals surface area (Å²) < 4.78 is 10.1. The minimum Gasteiger partial charge on any atom is -0.466 e. The fraction of sp³-hybridized carbons (Fsp3) is 0.667. The van der Waals surface area contributed by atoms with Gasteiger partial charge in [-0.3, -0.25) is 4.79 Å². The Kier molecular flexibility index (Phi) is 3.72. The summed E-state index contributed by atoms with van der Waals surface area (Å²) in [4.78, 5) is 11.6. The highest BCUT2D eigenvalue weighted by Crippen LogP contribution is 2.60. The van der Waals surface area contributed by atoms with Gasteiger partial charge in [-0.25, -0.2) is 0 Å². The van der Waals surface area contributed by atoms with Gasteiger partial charge in [-0.05, 0) is 19.3 Å². The van der Waals surface area contributed by atoms with Crippen LogP contribution < -0.4 is 5.73 Å². The predicted octanol–water partition coefficient (Wildman–Crippen LogP) is 0.198. The summed E-state index contributed by atoms with van der Waals surface area (Å²) in [5.41, 5.74) is 5.22. The number of ether oxygens (including phenoxy) is 1. The fourth-order valence-electron chi connectivity index (χ4n) is 1.62. The van der Waals surface area contributed by atoms with Crippen LogP contribution >= 0.6 is 0 Å². The summed E-state index contributed by atoms with van der Waals surface area (Å²) in [6.07, 6.45) is 2.53. The van der Waals surface area contributed by atoms with Gasteiger partial charge in [-0.15, -0.1) is 6.58 Å². The van der Waals surface area contributed by atoms with Gasteiger partial charge < -0.3 is 15.1 Å². The quantitative estimate of drug-likeness (QED) is 0.286. The van der Waals surface area contributed by atoms with E-state index in [4.69, 9.17) is 15.1 Å². The molecule has 0 aromatic heterocycles. The molecule has 0 heterocycles. The largest absolute Gasteiger partial charge is 0.466 e. The van der Waals surface area contributed by atoms with Crippen molar-refractivity contribution in [3.63, 3.8) is 0 Å². The Hall–Kier alpha value is -0.805. The molecule has 1 fully saturated rings. The van der Waals surface area contributed by atoms with Crippen molar-refractivity contribution < 1.29 is 14.2 Å². The molecular formula is C9H16BNO3. The van der Waals surface area contributed by atoms with Crippen LogP contribution in [0, 0.1) is 5.92 Å². The minimum absolute atomic E-state index is 0.130. The van der Waals surface area contributed by atoms with E-state index in [1.54, 1.807) is 13.0 Å². The van der Waals surface area contributed by atoms with Crippen LogP contribution in [0.15, 0.2) is 12.7 Å². The lowest BCUT2D eigenvalue weighted by Gasteiger charge is -2.12. The molecule has 5 heteroatoms. The maximum absolute atomic E-state index is 11.6. The van der Waals surface area contributed by atoms with Crippen LogP contribution in [0.25, 0.3) is 0 Å². The van der Waals surface area contributed by atoms with Gasteiger partial charge in [0, 0.05) is 0 Å². The molecule has 0 bridgehead atoms. The molecule has 0 radical (unpaired) electrons. The van der Waals surface area contributed by atoms with Crippen molar-refractivity contribution in [1.29, 1.82) is 0 Å². The van der Waals surface area contributed by atoms with E-state index in [0.717, 1.165) is 6.42 Å². The van der Waals surface area contributed by atoms with Crippen LogP contribution in [0.5, 0.6) is 0 Å². The van der Waals surface area contributed by atoms with E-state index < -0.39 is 5.31 Å². The van der Waals surface area contributed by atoms with E-state index >= 15 is 0 Å². The molecule has 78 valence electrons. The standard InChI is InChI=1S/C9H16BNO3/c1-3-7-5-9(7,10-14-6-11)8(12)13-4-2/h3,7,10H,1,4-6,11H2,2H3. The molecule has 0 saturated heterocycles. The first-order valence-corrected chi connectivity index (χ1v) is 4.79. The van der Waals surface area contributed by atoms with Crippen molar-refractivity contribution >= 4 is 13.5 Å². The third-order valence-corrected chi connectivity index (χ3v) is 2.58. The van der Waals surface area contributed by atoms with Crippen LogP contribution in [0.1, 0.15) is 13.3 Å². The summed E-state index contributed by atoms with van der Waals surface area (Å²) in [5, 5.41) is -0.503. The van der Waals surface area contributed by atoms with Crippen molar-refractivity contribution in [2.75, 3.05) is 13.3 Å². The predicted molar refractivity (Wildman–Crippen MR) is 54.9 cm³/mol. The Morgan fingerprint density at radius 2 is 2.57 bits per heavy atom. The molecule has 14 heavy (non-hydrogen) atoms. The first kappa shape index (κ1) is 11.3. The van der Waals surface area contributed by atoms with Gasteiger partial charge in [-0.1, -0.05) is 6.08 Å². The summed E-state index contributed by atoms with van der Waals surface area (Å²) in [6.45, 7) is 5.99. The van der Waals surface area contributed by atoms with Gasteiger partial charge in [0.1, 0.15) is 0 Å². The summed E-state index contributed by atoms with van der Waals surface area (Å²) in [7, 11) is 0.332. The van der Waals surface area contributed by atoms with Crippen molar-refractivity contribution in [3.8, 4) is 0 Å². The number of carbonyl (C=O) groups excluding carboxylic acids is 1. The SMILES string of the molecule is C=CC1CC1(BOCN)C(=O)OCC. The van der Waals surface area contributed by atoms with Gasteiger partial charge in [0.25, 0.3) is 7.48 Å². The van der Waals surface area contributed by atoms with E-state index in [0.29, 0.717) is 14.1 Å². The van der Waals surface area contributed by atoms with E-state index in [2.05, 4.69) is 6.58 Å². The number of hydrogen-bond acceptors (Lipinski definition) is 4. The Bertz CT molecular complexity index is 234. The minimum atomic E-state index is -0.503. The molecule has 1 aliphatic carbocycles. The summed E-state index contributed by atoms with van der Waals surface area (Å²) >= 11 is 0. The van der Waals surface area contributed by atoms with Crippen LogP contribution in [-0.2, 0) is 14.2 Å². The topological polar surface area (TPSA) is 61.5 Å². The fourth-order valence-corrected chi connectivity index (χ4v) is 1.62. The Balaban J connectivity index is 2.55. The number of carbonyl (C=O) groups is 1. The molecule has 2 N–H and O–H groups in total. The number of rotatable bonds is 6. The molecule has 2 unspecified atom stereocenters. The maximum Gasteiger partial charge on any atom is 0.307 e. The van der Waals surface area contributed by atoms with Crippen LogP contribution in [0.4, 0.5) is 0 Å². The average Bonchev–Trinajstić information content (AvgIpc) is 2.90. The molecule has 0 aliphatic heterocycles. The molecule has 1 aliphatic rings. The molecule has 0 spiro atoms. The highest BCUT2D eigenvalue weighted by Gasteiger charge is 2.60. The zero-order chi connectivity index (χ0) is 10.6. The van der Waals surface area contributed by atoms with E-state index in [1.807, 2.05) is 0 Å². The molecule has 1 saturated carbocycles. The molecule has 2 atom stereocenters. The van der Waals surface area contributed by atoms with E-state index in [1.165, 1.54) is 0 Å². The third-order valence-electron chi connectivity index (χ3n) is 2.58. The van der Waals surface area contributed by atoms with Gasteiger partial charge in [0.2, 0.25) is 0 Å². The van der Waals surface area contributed by atoms with Gasteiger partial charge >= 0.3 is 5.97 Å². The first-order chi connectivity index (χ1) is 6.71. The molecular weight excluding hydrogens is 181 g/mol. The molecule has 0 aromatic rings. The summed E-state index contributed by atoms with van der Waals surface area (Å²) in [5.74, 6) is -0.0218. The zero-order valence-corrected chi connectivity index (χ0v) is 8.49. The second kappa shape index (κ2) is 4.62. The van der Waals surface area contributed by atoms with Crippen LogP contribution in [0.2, 0.25) is 5.31 Å². The first-order valence-electron chi connectivity index (χ1n) is 4.79. The monoisotopic (exact) mass is 197 g/mol. The second-order valence-corrected chi connectivity index (χ2v) is 3.44. The molecule has 4 nitrogen and oxygen atoms in total. The normalized spacial score (nSPS) is 29.4. The van der Waals surface area contributed by atoms with Crippen molar-refractivity contribution in [2.24, 2.45) is 11.7 Å². The van der Waals surface area contributed by atoms with Gasteiger partial charge in [0.15, 0.2) is 0 Å². The molecule has 0 amide bonds. The lowest BCUT2D eigenvalue weighted by molar-refractivity contribution is -0.144. The number of allylic oxidation sites excluding steroid dienone is 1. The lowest BCUT2D eigenvalue weighted by atomic mass is 9.74. The van der Waals surface area contributed by atoms with Gasteiger partial charge in [0.05, 0.1) is 18.7 Å². The third kappa shape index (κ3) is 1.99. The Morgan fingerprint density at radius 1 is 1.86 bits per heavy atom. The zero-order valence-electron chi connectivity index (χ0n) is 8.49. The average molecular weight is 197 g/mol. The maximum atomic E-state index is 11.6. The van der Waals surface area contributed by atoms with Crippen molar-refractivity contribution in [2.45, 2.75) is 18.7 Å². The van der Waals surface area contributed by atoms with Crippen molar-refractivity contribution in [1.82, 2.24) is 0 Å². The molecule has 0 aromatic carbocycles. The van der Waals surface area contributed by atoms with E-state index in [9.17, 15) is 4.79 Å².